The first-order chi connectivity index (χ1) is 9.38. The maximum atomic E-state index is 12.5. The van der Waals surface area contributed by atoms with Crippen molar-refractivity contribution >= 4 is 35.0 Å². The summed E-state index contributed by atoms with van der Waals surface area (Å²) < 4.78 is 25.1. The summed E-state index contributed by atoms with van der Waals surface area (Å²) in [7, 11) is 0. The van der Waals surface area contributed by atoms with Crippen molar-refractivity contribution in [3.8, 4) is 0 Å². The summed E-state index contributed by atoms with van der Waals surface area (Å²) in [5.74, 6) is -0.688. The third-order valence-electron chi connectivity index (χ3n) is 3.00. The minimum atomic E-state index is -2.66. The maximum absolute atomic E-state index is 12.5. The monoisotopic (exact) mass is 318 g/mol. The van der Waals surface area contributed by atoms with Crippen molar-refractivity contribution in [3.63, 3.8) is 0 Å². The number of anilines is 1. The van der Waals surface area contributed by atoms with E-state index in [1.807, 2.05) is 13.8 Å². The van der Waals surface area contributed by atoms with Gasteiger partial charge in [-0.2, -0.15) is 0 Å². The molecule has 1 amide bonds. The van der Waals surface area contributed by atoms with Crippen molar-refractivity contribution in [2.45, 2.75) is 26.3 Å². The molecule has 2 rings (SSSR count). The lowest BCUT2D eigenvalue weighted by atomic mass is 10.0. The highest BCUT2D eigenvalue weighted by Gasteiger charge is 2.18. The van der Waals surface area contributed by atoms with Gasteiger partial charge in [-0.05, 0) is 24.1 Å². The molecule has 1 aromatic heterocycles. The molecule has 116 valence electrons. The summed E-state index contributed by atoms with van der Waals surface area (Å²) in [6.07, 6.45) is -2.66. The molecule has 0 saturated heterocycles. The summed E-state index contributed by atoms with van der Waals surface area (Å²) in [6, 6.07) is 4.10. The molecule has 0 saturated carbocycles. The molecule has 1 aromatic carbocycles. The van der Waals surface area contributed by atoms with E-state index in [0.29, 0.717) is 16.7 Å². The van der Waals surface area contributed by atoms with Gasteiger partial charge in [0, 0.05) is 5.69 Å². The van der Waals surface area contributed by atoms with E-state index in [4.69, 9.17) is 5.73 Å². The van der Waals surface area contributed by atoms with Gasteiger partial charge in [-0.3, -0.25) is 4.79 Å². The van der Waals surface area contributed by atoms with Crippen molar-refractivity contribution in [2.75, 3.05) is 5.32 Å². The molecule has 0 aliphatic carbocycles. The fourth-order valence-corrected chi connectivity index (χ4v) is 1.74. The molecule has 0 bridgehead atoms. The molecule has 1 atom stereocenters. The van der Waals surface area contributed by atoms with Gasteiger partial charge < -0.3 is 16.0 Å². The van der Waals surface area contributed by atoms with Crippen LogP contribution in [0.25, 0.3) is 11.0 Å². The van der Waals surface area contributed by atoms with Crippen LogP contribution in [0.5, 0.6) is 0 Å². The van der Waals surface area contributed by atoms with Crippen LogP contribution in [0.1, 0.15) is 26.1 Å². The van der Waals surface area contributed by atoms with E-state index in [1.165, 1.54) is 0 Å². The summed E-state index contributed by atoms with van der Waals surface area (Å²) in [5.41, 5.74) is 7.09. The smallest absolute Gasteiger partial charge is 0.295 e. The predicted octanol–water partition coefficient (Wildman–Crippen LogP) is 2.84. The van der Waals surface area contributed by atoms with Gasteiger partial charge in [0.15, 0.2) is 5.82 Å². The number of rotatable bonds is 4. The number of alkyl halides is 2. The van der Waals surface area contributed by atoms with Crippen LogP contribution < -0.4 is 11.1 Å². The second-order valence-corrected chi connectivity index (χ2v) is 4.91. The number of nitrogens with zero attached hydrogens (tertiary/aromatic N) is 1. The Hall–Kier alpha value is -1.73. The zero-order valence-electron chi connectivity index (χ0n) is 11.6. The Balaban J connectivity index is 0.00000220. The predicted molar refractivity (Wildman–Crippen MR) is 79.7 cm³/mol. The van der Waals surface area contributed by atoms with Crippen molar-refractivity contribution in [1.29, 1.82) is 0 Å². The number of hydrogen-bond acceptors (Lipinski definition) is 3. The average molecular weight is 319 g/mol. The van der Waals surface area contributed by atoms with E-state index < -0.39 is 12.5 Å². The third kappa shape index (κ3) is 3.89. The minimum Gasteiger partial charge on any atom is -0.337 e. The molecule has 1 heterocycles. The lowest BCUT2D eigenvalue weighted by molar-refractivity contribution is -0.118. The Morgan fingerprint density at radius 1 is 1.38 bits per heavy atom. The second-order valence-electron chi connectivity index (χ2n) is 4.91. The first kappa shape index (κ1) is 17.3. The highest BCUT2D eigenvalue weighted by Crippen LogP contribution is 2.22. The van der Waals surface area contributed by atoms with E-state index in [1.54, 1.807) is 18.2 Å². The number of amides is 1. The number of nitrogens with one attached hydrogen (secondary N) is 2. The molecule has 0 fully saturated rings. The summed E-state index contributed by atoms with van der Waals surface area (Å²) >= 11 is 0. The van der Waals surface area contributed by atoms with Crippen LogP contribution in [0, 0.1) is 5.92 Å². The first-order valence-electron chi connectivity index (χ1n) is 6.22. The number of carbonyl (C=O) groups is 1. The lowest BCUT2D eigenvalue weighted by Crippen LogP contribution is -2.39. The molecule has 8 heteroatoms. The van der Waals surface area contributed by atoms with Crippen LogP contribution in [0.3, 0.4) is 0 Å². The molecule has 0 spiro atoms. The van der Waals surface area contributed by atoms with Gasteiger partial charge in [-0.15, -0.1) is 12.4 Å². The van der Waals surface area contributed by atoms with Crippen molar-refractivity contribution in [1.82, 2.24) is 9.97 Å². The number of carbonyl (C=O) groups excluding carboxylic acids is 1. The normalized spacial score (nSPS) is 12.5. The Kier molecular flexibility index (Phi) is 5.62. The van der Waals surface area contributed by atoms with E-state index >= 15 is 0 Å². The lowest BCUT2D eigenvalue weighted by Gasteiger charge is -2.15. The summed E-state index contributed by atoms with van der Waals surface area (Å²) in [5, 5.41) is 2.65. The Labute approximate surface area is 126 Å². The van der Waals surface area contributed by atoms with Gasteiger partial charge in [-0.25, -0.2) is 13.8 Å². The van der Waals surface area contributed by atoms with Crippen LogP contribution in [-0.2, 0) is 4.79 Å². The number of halogens is 3. The highest BCUT2D eigenvalue weighted by molar-refractivity contribution is 5.96. The topological polar surface area (TPSA) is 83.8 Å². The van der Waals surface area contributed by atoms with Gasteiger partial charge in [0.2, 0.25) is 5.91 Å². The van der Waals surface area contributed by atoms with Crippen LogP contribution in [0.4, 0.5) is 14.5 Å². The number of H-pyrrole nitrogens is 1. The zero-order valence-corrected chi connectivity index (χ0v) is 12.4. The summed E-state index contributed by atoms with van der Waals surface area (Å²) in [4.78, 5) is 18.1. The van der Waals surface area contributed by atoms with Gasteiger partial charge in [-0.1, -0.05) is 13.8 Å². The fourth-order valence-electron chi connectivity index (χ4n) is 1.74. The number of hydrogen-bond donors (Lipinski definition) is 3. The molecule has 4 N–H and O–H groups in total. The molecule has 0 radical (unpaired) electrons. The number of benzene rings is 1. The molecule has 0 aliphatic heterocycles. The molecule has 2 aromatic rings. The van der Waals surface area contributed by atoms with E-state index in [9.17, 15) is 13.6 Å². The Morgan fingerprint density at radius 3 is 2.62 bits per heavy atom. The van der Waals surface area contributed by atoms with Crippen LogP contribution in [0.15, 0.2) is 18.2 Å². The van der Waals surface area contributed by atoms with Crippen molar-refractivity contribution < 1.29 is 13.6 Å². The van der Waals surface area contributed by atoms with Crippen molar-refractivity contribution in [2.24, 2.45) is 11.7 Å². The van der Waals surface area contributed by atoms with Gasteiger partial charge in [0.1, 0.15) is 0 Å². The largest absolute Gasteiger partial charge is 0.337 e. The van der Waals surface area contributed by atoms with Gasteiger partial charge in [0.25, 0.3) is 6.43 Å². The van der Waals surface area contributed by atoms with Crippen molar-refractivity contribution in [3.05, 3.63) is 24.0 Å². The third-order valence-corrected chi connectivity index (χ3v) is 3.00. The van der Waals surface area contributed by atoms with Gasteiger partial charge in [0.05, 0.1) is 17.1 Å². The molecule has 5 nitrogen and oxygen atoms in total. The molecule has 0 unspecified atom stereocenters. The summed E-state index contributed by atoms with van der Waals surface area (Å²) in [6.45, 7) is 3.69. The molecule has 0 aliphatic rings. The number of aromatic nitrogens is 2. The number of fused-ring (bicyclic) bond motifs is 1. The van der Waals surface area contributed by atoms with Crippen LogP contribution >= 0.6 is 12.4 Å². The number of imidazole rings is 1. The standard InChI is InChI=1S/C13H16F2N4O.ClH/c1-6(2)10(16)13(20)17-7-3-4-8-9(5-7)19-12(18-8)11(14)15;/h3-6,10-11H,16H2,1-2H3,(H,17,20)(H,18,19);1H/t10-;/m0./s1. The fraction of sp³-hybridized carbons (Fsp3) is 0.385. The van der Waals surface area contributed by atoms with Crippen LogP contribution in [0.2, 0.25) is 0 Å². The maximum Gasteiger partial charge on any atom is 0.295 e. The highest BCUT2D eigenvalue weighted by atomic mass is 35.5. The Bertz CT molecular complexity index is 630. The quantitative estimate of drug-likeness (QED) is 0.810. The van der Waals surface area contributed by atoms with Gasteiger partial charge >= 0.3 is 0 Å². The minimum absolute atomic E-state index is 0. The number of nitrogens with two attached hydrogens (primary N) is 1. The molecule has 21 heavy (non-hydrogen) atoms. The number of aromatic amines is 1. The van der Waals surface area contributed by atoms with E-state index in [0.717, 1.165) is 0 Å². The Morgan fingerprint density at radius 2 is 2.05 bits per heavy atom. The zero-order chi connectivity index (χ0) is 14.9. The SMILES string of the molecule is CC(C)[C@H](N)C(=O)Nc1ccc2nc(C(F)F)[nH]c2c1.Cl. The average Bonchev–Trinajstić information content (AvgIpc) is 2.80. The van der Waals surface area contributed by atoms with E-state index in [-0.39, 0.29) is 30.1 Å². The first-order valence-corrected chi connectivity index (χ1v) is 6.22. The van der Waals surface area contributed by atoms with Crippen LogP contribution in [-0.4, -0.2) is 21.9 Å². The van der Waals surface area contributed by atoms with E-state index in [2.05, 4.69) is 15.3 Å². The molecular weight excluding hydrogens is 302 g/mol. The second kappa shape index (κ2) is 6.82. The molecular formula is C13H17ClF2N4O.